The maximum absolute atomic E-state index is 13.1. The molecule has 10 heteroatoms. The highest BCUT2D eigenvalue weighted by molar-refractivity contribution is 6.74. The maximum atomic E-state index is 13.1. The fourth-order valence-corrected chi connectivity index (χ4v) is 7.64. The summed E-state index contributed by atoms with van der Waals surface area (Å²) in [6.07, 6.45) is 1.90. The quantitative estimate of drug-likeness (QED) is 0.0877. The summed E-state index contributed by atoms with van der Waals surface area (Å²) in [6, 6.07) is 25.9. The molecule has 0 aliphatic carbocycles. The number of nitrogens with zero attached hydrogens (tertiary/aromatic N) is 1. The van der Waals surface area contributed by atoms with Crippen molar-refractivity contribution in [3.05, 3.63) is 141 Å². The summed E-state index contributed by atoms with van der Waals surface area (Å²) in [5.74, 6) is 1.44. The van der Waals surface area contributed by atoms with E-state index in [2.05, 4.69) is 57.6 Å². The molecule has 3 aromatic carbocycles. The van der Waals surface area contributed by atoms with E-state index in [1.165, 1.54) is 4.57 Å². The molecule has 4 aromatic rings. The van der Waals surface area contributed by atoms with Crippen molar-refractivity contribution in [3.8, 4) is 11.5 Å². The van der Waals surface area contributed by atoms with Crippen LogP contribution in [0.5, 0.6) is 11.5 Å². The third kappa shape index (κ3) is 7.44. The van der Waals surface area contributed by atoms with Crippen molar-refractivity contribution in [1.82, 2.24) is 9.55 Å². The molecular formula is C40H50N2O7Si. The van der Waals surface area contributed by atoms with Crippen LogP contribution in [0.2, 0.25) is 18.1 Å². The van der Waals surface area contributed by atoms with Gasteiger partial charge in [0, 0.05) is 18.2 Å². The molecule has 0 spiro atoms. The zero-order chi connectivity index (χ0) is 36.3. The fourth-order valence-electron chi connectivity index (χ4n) is 6.30. The lowest BCUT2D eigenvalue weighted by Crippen LogP contribution is -2.50. The van der Waals surface area contributed by atoms with E-state index in [4.69, 9.17) is 23.4 Å². The average Bonchev–Trinajstić information content (AvgIpc) is 3.51. The summed E-state index contributed by atoms with van der Waals surface area (Å²) in [7, 11) is 0.937. The van der Waals surface area contributed by atoms with Crippen LogP contribution in [0.15, 0.2) is 107 Å². The van der Waals surface area contributed by atoms with Gasteiger partial charge in [0.1, 0.15) is 29.4 Å². The number of aryl methyl sites for hydroxylation is 1. The normalized spacial score (nSPS) is 18.8. The monoisotopic (exact) mass is 698 g/mol. The Morgan fingerprint density at radius 3 is 1.96 bits per heavy atom. The number of hydrogen-bond acceptors (Lipinski definition) is 7. The Bertz CT molecular complexity index is 1810. The first-order valence-electron chi connectivity index (χ1n) is 17.0. The highest BCUT2D eigenvalue weighted by atomic mass is 28.4. The summed E-state index contributed by atoms with van der Waals surface area (Å²) in [6.45, 7) is 16.8. The molecule has 1 aliphatic heterocycles. The van der Waals surface area contributed by atoms with E-state index in [0.29, 0.717) is 18.4 Å². The van der Waals surface area contributed by atoms with E-state index < -0.39 is 49.7 Å². The Kier molecular flexibility index (Phi) is 11.1. The van der Waals surface area contributed by atoms with Crippen LogP contribution >= 0.6 is 0 Å². The predicted molar refractivity (Wildman–Crippen MR) is 199 cm³/mol. The molecule has 0 bridgehead atoms. The predicted octanol–water partition coefficient (Wildman–Crippen LogP) is 7.49. The summed E-state index contributed by atoms with van der Waals surface area (Å²) in [5, 5.41) is -0.0875. The van der Waals surface area contributed by atoms with Gasteiger partial charge in [-0.05, 0) is 72.4 Å². The molecule has 4 atom stereocenters. The molecule has 0 amide bonds. The largest absolute Gasteiger partial charge is 0.497 e. The first-order valence-corrected chi connectivity index (χ1v) is 19.9. The van der Waals surface area contributed by atoms with Crippen molar-refractivity contribution >= 4 is 8.32 Å². The Morgan fingerprint density at radius 1 is 0.920 bits per heavy atom. The van der Waals surface area contributed by atoms with Gasteiger partial charge in [-0.15, -0.1) is 6.58 Å². The van der Waals surface area contributed by atoms with Gasteiger partial charge in [0.15, 0.2) is 8.32 Å². The van der Waals surface area contributed by atoms with E-state index >= 15 is 0 Å². The second-order valence-electron chi connectivity index (χ2n) is 14.4. The molecule has 1 aliphatic rings. The summed E-state index contributed by atoms with van der Waals surface area (Å²) < 4.78 is 34.1. The fraction of sp³-hybridized carbons (Fsp3) is 0.400. The number of aromatic nitrogens is 2. The minimum Gasteiger partial charge on any atom is -0.497 e. The highest BCUT2D eigenvalue weighted by Gasteiger charge is 2.50. The first-order chi connectivity index (χ1) is 23.7. The lowest BCUT2D eigenvalue weighted by molar-refractivity contribution is -0.141. The van der Waals surface area contributed by atoms with E-state index in [1.807, 2.05) is 72.8 Å². The van der Waals surface area contributed by atoms with Crippen molar-refractivity contribution in [1.29, 1.82) is 0 Å². The summed E-state index contributed by atoms with van der Waals surface area (Å²) in [5.41, 5.74) is 1.01. The van der Waals surface area contributed by atoms with Crippen LogP contribution in [-0.4, -0.2) is 50.4 Å². The van der Waals surface area contributed by atoms with Crippen LogP contribution in [0.1, 0.15) is 62.1 Å². The molecule has 1 N–H and O–H groups in total. The second-order valence-corrected chi connectivity index (χ2v) is 19.1. The van der Waals surface area contributed by atoms with Gasteiger partial charge >= 0.3 is 5.69 Å². The van der Waals surface area contributed by atoms with Crippen LogP contribution in [0.4, 0.5) is 0 Å². The van der Waals surface area contributed by atoms with Crippen molar-refractivity contribution in [2.45, 2.75) is 88.8 Å². The standard InChI is InChI=1S/C40H50N2O7Si/c1-10-14-33(36-34(49-50(8,9)39(3,4)5)25-35(47-36)42-26-27(2)37(43)41-38(42)44)48-40(28-15-12-11-13-16-28,29-17-21-31(45-6)22-18-29)30-19-23-32(46-7)24-20-30/h10-13,15-24,26,33-36H,1,14,25H2,2-9H3,(H,41,43,44)/t33-,34+,35-,36-/m1/s1. The SMILES string of the molecule is C=CC[C@@H](OC(c1ccccc1)(c1ccc(OC)cc1)c1ccc(OC)cc1)[C@H]1O[C@@H](n2cc(C)c(=O)[nH]c2=O)C[C@@H]1O[Si](C)(C)C(C)(C)C. The molecule has 5 rings (SSSR count). The molecule has 1 aromatic heterocycles. The number of benzene rings is 3. The second kappa shape index (κ2) is 14.9. The smallest absolute Gasteiger partial charge is 0.330 e. The number of H-pyrrole nitrogens is 1. The molecule has 0 saturated carbocycles. The average molecular weight is 699 g/mol. The minimum atomic E-state index is -2.35. The van der Waals surface area contributed by atoms with Crippen LogP contribution in [0, 0.1) is 6.92 Å². The molecule has 1 fully saturated rings. The van der Waals surface area contributed by atoms with Crippen LogP contribution < -0.4 is 20.7 Å². The minimum absolute atomic E-state index is 0.0875. The van der Waals surface area contributed by atoms with Gasteiger partial charge in [-0.3, -0.25) is 14.3 Å². The first kappa shape index (κ1) is 37.0. The molecule has 0 unspecified atom stereocenters. The van der Waals surface area contributed by atoms with Crippen molar-refractivity contribution in [3.63, 3.8) is 0 Å². The van der Waals surface area contributed by atoms with Gasteiger partial charge in [0.25, 0.3) is 5.56 Å². The van der Waals surface area contributed by atoms with Crippen LogP contribution in [-0.2, 0) is 19.5 Å². The number of nitrogens with one attached hydrogen (secondary N) is 1. The topological polar surface area (TPSA) is 101 Å². The number of aromatic amines is 1. The number of methoxy groups -OCH3 is 2. The Morgan fingerprint density at radius 2 is 1.46 bits per heavy atom. The van der Waals surface area contributed by atoms with E-state index in [9.17, 15) is 9.59 Å². The van der Waals surface area contributed by atoms with Gasteiger partial charge in [0.2, 0.25) is 0 Å². The zero-order valence-electron chi connectivity index (χ0n) is 30.4. The third-order valence-corrected chi connectivity index (χ3v) is 14.6. The van der Waals surface area contributed by atoms with E-state index in [1.54, 1.807) is 27.3 Å². The molecule has 50 heavy (non-hydrogen) atoms. The Labute approximate surface area is 296 Å². The van der Waals surface area contributed by atoms with E-state index in [-0.39, 0.29) is 5.04 Å². The number of ether oxygens (including phenoxy) is 4. The van der Waals surface area contributed by atoms with E-state index in [0.717, 1.165) is 28.2 Å². The lowest BCUT2D eigenvalue weighted by atomic mass is 9.79. The molecule has 2 heterocycles. The number of rotatable bonds is 13. The van der Waals surface area contributed by atoms with Gasteiger partial charge in [0.05, 0.1) is 26.4 Å². The summed E-state index contributed by atoms with van der Waals surface area (Å²) in [4.78, 5) is 27.9. The zero-order valence-corrected chi connectivity index (χ0v) is 31.4. The molecule has 1 saturated heterocycles. The van der Waals surface area contributed by atoms with Gasteiger partial charge < -0.3 is 23.4 Å². The van der Waals surface area contributed by atoms with Crippen molar-refractivity contribution < 1.29 is 23.4 Å². The summed E-state index contributed by atoms with van der Waals surface area (Å²) >= 11 is 0. The van der Waals surface area contributed by atoms with Gasteiger partial charge in [-0.25, -0.2) is 4.79 Å². The van der Waals surface area contributed by atoms with Crippen LogP contribution in [0.3, 0.4) is 0 Å². The number of hydrogen-bond donors (Lipinski definition) is 1. The van der Waals surface area contributed by atoms with Crippen molar-refractivity contribution in [2.75, 3.05) is 14.2 Å². The Hall–Kier alpha value is -4.22. The molecular weight excluding hydrogens is 649 g/mol. The maximum Gasteiger partial charge on any atom is 0.330 e. The highest BCUT2D eigenvalue weighted by Crippen LogP contribution is 2.47. The molecule has 0 radical (unpaired) electrons. The van der Waals surface area contributed by atoms with Gasteiger partial charge in [-0.1, -0.05) is 81.4 Å². The third-order valence-electron chi connectivity index (χ3n) is 10.1. The van der Waals surface area contributed by atoms with Crippen molar-refractivity contribution in [2.24, 2.45) is 0 Å². The van der Waals surface area contributed by atoms with Crippen LogP contribution in [0.25, 0.3) is 0 Å². The molecule has 266 valence electrons. The lowest BCUT2D eigenvalue weighted by Gasteiger charge is -2.43. The molecule has 9 nitrogen and oxygen atoms in total. The Balaban J connectivity index is 1.70. The van der Waals surface area contributed by atoms with Gasteiger partial charge in [-0.2, -0.15) is 0 Å².